The Hall–Kier alpha value is -0.770. The second-order valence-corrected chi connectivity index (χ2v) is 5.09. The van der Waals surface area contributed by atoms with Gasteiger partial charge in [0.1, 0.15) is 11.4 Å². The zero-order valence-electron chi connectivity index (χ0n) is 10.7. The molecule has 0 radical (unpaired) electrons. The lowest BCUT2D eigenvalue weighted by molar-refractivity contribution is 0.0524. The maximum Gasteiger partial charge on any atom is 0.125 e. The van der Waals surface area contributed by atoms with Gasteiger partial charge >= 0.3 is 0 Å². The number of methoxy groups -OCH3 is 1. The molecule has 0 bridgehead atoms. The topological polar surface area (TPSA) is 41.5 Å². The minimum absolute atomic E-state index is 0.312. The van der Waals surface area contributed by atoms with E-state index in [1.54, 1.807) is 32.2 Å². The molecule has 0 fully saturated rings. The van der Waals surface area contributed by atoms with Crippen LogP contribution in [0.15, 0.2) is 18.2 Å². The van der Waals surface area contributed by atoms with Gasteiger partial charge in [0.25, 0.3) is 0 Å². The van der Waals surface area contributed by atoms with E-state index in [9.17, 15) is 5.11 Å². The maximum absolute atomic E-state index is 10.5. The molecule has 0 spiro atoms. The number of halogens is 1. The number of aliphatic hydroxyl groups is 1. The fourth-order valence-corrected chi connectivity index (χ4v) is 1.77. The first-order chi connectivity index (χ1) is 7.86. The van der Waals surface area contributed by atoms with E-state index in [-0.39, 0.29) is 0 Å². The molecule has 0 amide bonds. The van der Waals surface area contributed by atoms with Crippen LogP contribution in [-0.4, -0.2) is 24.8 Å². The molecule has 2 N–H and O–H groups in total. The SMILES string of the molecule is COc1ccc(Cl)cc1C(C)(O)CNC(C)C. The van der Waals surface area contributed by atoms with E-state index in [2.05, 4.69) is 5.32 Å². The molecule has 17 heavy (non-hydrogen) atoms. The smallest absolute Gasteiger partial charge is 0.125 e. The predicted octanol–water partition coefficient (Wildman–Crippen LogP) is 2.55. The minimum Gasteiger partial charge on any atom is -0.496 e. The molecule has 1 atom stereocenters. The van der Waals surface area contributed by atoms with Crippen LogP contribution in [0.25, 0.3) is 0 Å². The summed E-state index contributed by atoms with van der Waals surface area (Å²) < 4.78 is 5.25. The van der Waals surface area contributed by atoms with Crippen LogP contribution >= 0.6 is 11.6 Å². The molecule has 1 rings (SSSR count). The first-order valence-corrected chi connectivity index (χ1v) is 6.04. The number of ether oxygens (including phenoxy) is 1. The molecule has 0 saturated carbocycles. The molecule has 1 unspecified atom stereocenters. The van der Waals surface area contributed by atoms with E-state index >= 15 is 0 Å². The van der Waals surface area contributed by atoms with Crippen molar-refractivity contribution in [3.05, 3.63) is 28.8 Å². The van der Waals surface area contributed by atoms with Crippen molar-refractivity contribution in [3.8, 4) is 5.75 Å². The highest BCUT2D eigenvalue weighted by molar-refractivity contribution is 6.30. The van der Waals surface area contributed by atoms with E-state index < -0.39 is 5.60 Å². The average Bonchev–Trinajstić information content (AvgIpc) is 2.26. The molecule has 96 valence electrons. The quantitative estimate of drug-likeness (QED) is 0.852. The Kier molecular flexibility index (Phi) is 4.80. The van der Waals surface area contributed by atoms with Crippen LogP contribution in [-0.2, 0) is 5.60 Å². The molecular weight excluding hydrogens is 238 g/mol. The monoisotopic (exact) mass is 257 g/mol. The zero-order chi connectivity index (χ0) is 13.1. The molecule has 0 saturated heterocycles. The van der Waals surface area contributed by atoms with Crippen LogP contribution in [0.1, 0.15) is 26.3 Å². The van der Waals surface area contributed by atoms with Gasteiger partial charge in [-0.3, -0.25) is 0 Å². The molecule has 3 nitrogen and oxygen atoms in total. The van der Waals surface area contributed by atoms with Gasteiger partial charge in [-0.05, 0) is 25.1 Å². The zero-order valence-corrected chi connectivity index (χ0v) is 11.5. The summed E-state index contributed by atoms with van der Waals surface area (Å²) in [5.41, 5.74) is -0.318. The van der Waals surface area contributed by atoms with Crippen LogP contribution in [0.5, 0.6) is 5.75 Å². The van der Waals surface area contributed by atoms with Gasteiger partial charge in [-0.2, -0.15) is 0 Å². The summed E-state index contributed by atoms with van der Waals surface area (Å²) in [7, 11) is 1.58. The third-order valence-electron chi connectivity index (χ3n) is 2.60. The summed E-state index contributed by atoms with van der Waals surface area (Å²) in [6.07, 6.45) is 0. The van der Waals surface area contributed by atoms with E-state index in [0.717, 1.165) is 0 Å². The van der Waals surface area contributed by atoms with E-state index in [0.29, 0.717) is 28.9 Å². The van der Waals surface area contributed by atoms with Gasteiger partial charge in [0.2, 0.25) is 0 Å². The Balaban J connectivity index is 2.99. The van der Waals surface area contributed by atoms with Crippen LogP contribution in [0.3, 0.4) is 0 Å². The Morgan fingerprint density at radius 2 is 2.12 bits per heavy atom. The molecule has 0 aliphatic rings. The van der Waals surface area contributed by atoms with Gasteiger partial charge in [-0.1, -0.05) is 25.4 Å². The summed E-state index contributed by atoms with van der Waals surface area (Å²) in [5, 5.41) is 14.3. The Labute approximate surface area is 108 Å². The largest absolute Gasteiger partial charge is 0.496 e. The van der Waals surface area contributed by atoms with Gasteiger partial charge in [0.05, 0.1) is 7.11 Å². The van der Waals surface area contributed by atoms with Gasteiger partial charge in [-0.15, -0.1) is 0 Å². The molecule has 1 aromatic rings. The Bertz CT molecular complexity index is 378. The summed E-state index contributed by atoms with van der Waals surface area (Å²) in [4.78, 5) is 0. The molecule has 0 aliphatic heterocycles. The number of hydrogen-bond donors (Lipinski definition) is 2. The average molecular weight is 258 g/mol. The highest BCUT2D eigenvalue weighted by Gasteiger charge is 2.27. The highest BCUT2D eigenvalue weighted by atomic mass is 35.5. The van der Waals surface area contributed by atoms with Crippen LogP contribution in [0, 0.1) is 0 Å². The van der Waals surface area contributed by atoms with Crippen molar-refractivity contribution in [2.24, 2.45) is 0 Å². The molecule has 0 aromatic heterocycles. The van der Waals surface area contributed by atoms with Crippen LogP contribution in [0.4, 0.5) is 0 Å². The predicted molar refractivity (Wildman–Crippen MR) is 70.7 cm³/mol. The van der Waals surface area contributed by atoms with Gasteiger partial charge in [0.15, 0.2) is 0 Å². The van der Waals surface area contributed by atoms with Crippen LogP contribution in [0.2, 0.25) is 5.02 Å². The second kappa shape index (κ2) is 5.71. The van der Waals surface area contributed by atoms with Crippen molar-refractivity contribution in [3.63, 3.8) is 0 Å². The fourth-order valence-electron chi connectivity index (χ4n) is 1.60. The maximum atomic E-state index is 10.5. The van der Waals surface area contributed by atoms with Crippen molar-refractivity contribution < 1.29 is 9.84 Å². The van der Waals surface area contributed by atoms with Gasteiger partial charge < -0.3 is 15.2 Å². The Morgan fingerprint density at radius 1 is 1.47 bits per heavy atom. The lowest BCUT2D eigenvalue weighted by atomic mass is 9.94. The molecule has 1 aromatic carbocycles. The molecule has 0 heterocycles. The van der Waals surface area contributed by atoms with E-state index in [1.165, 1.54) is 0 Å². The molecule has 0 aliphatic carbocycles. The minimum atomic E-state index is -1.01. The van der Waals surface area contributed by atoms with Crippen molar-refractivity contribution in [2.75, 3.05) is 13.7 Å². The van der Waals surface area contributed by atoms with Crippen LogP contribution < -0.4 is 10.1 Å². The second-order valence-electron chi connectivity index (χ2n) is 4.65. The van der Waals surface area contributed by atoms with E-state index in [4.69, 9.17) is 16.3 Å². The summed E-state index contributed by atoms with van der Waals surface area (Å²) in [6, 6.07) is 5.56. The first-order valence-electron chi connectivity index (χ1n) is 5.66. The third kappa shape index (κ3) is 3.87. The number of benzene rings is 1. The fraction of sp³-hybridized carbons (Fsp3) is 0.538. The Morgan fingerprint density at radius 3 is 2.65 bits per heavy atom. The molecule has 4 heteroatoms. The lowest BCUT2D eigenvalue weighted by Gasteiger charge is -2.27. The number of nitrogens with one attached hydrogen (secondary N) is 1. The summed E-state index contributed by atoms with van der Waals surface area (Å²) in [6.45, 7) is 6.26. The number of hydrogen-bond acceptors (Lipinski definition) is 3. The van der Waals surface area contributed by atoms with Crippen molar-refractivity contribution in [1.82, 2.24) is 5.32 Å². The third-order valence-corrected chi connectivity index (χ3v) is 2.83. The highest BCUT2D eigenvalue weighted by Crippen LogP contribution is 2.31. The summed E-state index contributed by atoms with van der Waals surface area (Å²) >= 11 is 5.96. The first kappa shape index (κ1) is 14.3. The normalized spacial score (nSPS) is 14.8. The standard InChI is InChI=1S/C13H20ClNO2/c1-9(2)15-8-13(3,16)11-7-10(14)5-6-12(11)17-4/h5-7,9,15-16H,8H2,1-4H3. The van der Waals surface area contributed by atoms with Crippen molar-refractivity contribution in [1.29, 1.82) is 0 Å². The lowest BCUT2D eigenvalue weighted by Crippen LogP contribution is -2.38. The molecular formula is C13H20ClNO2. The van der Waals surface area contributed by atoms with Crippen molar-refractivity contribution >= 4 is 11.6 Å². The van der Waals surface area contributed by atoms with Gasteiger partial charge in [0, 0.05) is 23.2 Å². The van der Waals surface area contributed by atoms with E-state index in [1.807, 2.05) is 13.8 Å². The summed E-state index contributed by atoms with van der Waals surface area (Å²) in [5.74, 6) is 0.643. The number of rotatable bonds is 5. The van der Waals surface area contributed by atoms with Gasteiger partial charge in [-0.25, -0.2) is 0 Å². The van der Waals surface area contributed by atoms with Crippen molar-refractivity contribution in [2.45, 2.75) is 32.4 Å².